The van der Waals surface area contributed by atoms with Crippen LogP contribution in [0.25, 0.3) is 0 Å². The summed E-state index contributed by atoms with van der Waals surface area (Å²) >= 11 is 0. The summed E-state index contributed by atoms with van der Waals surface area (Å²) in [5.41, 5.74) is 2.48. The predicted molar refractivity (Wildman–Crippen MR) is 86.9 cm³/mol. The molecule has 20 heavy (non-hydrogen) atoms. The Bertz CT molecular complexity index is 344. The maximum absolute atomic E-state index is 4.47. The molecule has 0 saturated heterocycles. The van der Waals surface area contributed by atoms with Crippen LogP contribution in [0, 0.1) is 0 Å². The van der Waals surface area contributed by atoms with Crippen LogP contribution in [-0.2, 0) is 20.0 Å². The molecule has 0 amide bonds. The van der Waals surface area contributed by atoms with Gasteiger partial charge in [-0.05, 0) is 25.5 Å². The van der Waals surface area contributed by atoms with Crippen molar-refractivity contribution in [2.75, 3.05) is 6.54 Å². The van der Waals surface area contributed by atoms with Gasteiger partial charge in [0, 0.05) is 13.6 Å². The third-order valence-corrected chi connectivity index (χ3v) is 3.90. The molecule has 0 spiro atoms. The van der Waals surface area contributed by atoms with Crippen molar-refractivity contribution in [3.05, 3.63) is 17.5 Å². The number of aromatic nitrogens is 2. The van der Waals surface area contributed by atoms with Gasteiger partial charge in [0.05, 0.1) is 11.4 Å². The quantitative estimate of drug-likeness (QED) is 0.581. The van der Waals surface area contributed by atoms with Crippen LogP contribution in [0.4, 0.5) is 0 Å². The molecule has 0 aliphatic carbocycles. The fourth-order valence-corrected chi connectivity index (χ4v) is 2.51. The zero-order valence-electron chi connectivity index (χ0n) is 13.7. The van der Waals surface area contributed by atoms with E-state index in [1.165, 1.54) is 62.8 Å². The second kappa shape index (κ2) is 10.9. The van der Waals surface area contributed by atoms with Crippen LogP contribution in [0.5, 0.6) is 0 Å². The maximum atomic E-state index is 4.47. The average Bonchev–Trinajstić information content (AvgIpc) is 2.81. The lowest BCUT2D eigenvalue weighted by atomic mass is 10.1. The highest BCUT2D eigenvalue weighted by molar-refractivity contribution is 5.09. The van der Waals surface area contributed by atoms with Gasteiger partial charge in [-0.15, -0.1) is 0 Å². The van der Waals surface area contributed by atoms with Crippen LogP contribution in [-0.4, -0.2) is 16.3 Å². The standard InChI is InChI=1S/C17H33N3/c1-4-6-7-8-9-10-11-12-13-18-15-17-14-16(5-2)19-20(17)3/h14,18H,4-13,15H2,1-3H3. The van der Waals surface area contributed by atoms with Gasteiger partial charge in [0.1, 0.15) is 0 Å². The average molecular weight is 279 g/mol. The van der Waals surface area contributed by atoms with Crippen molar-refractivity contribution in [2.24, 2.45) is 7.05 Å². The Balaban J connectivity index is 1.95. The van der Waals surface area contributed by atoms with Crippen LogP contribution in [0.15, 0.2) is 6.07 Å². The van der Waals surface area contributed by atoms with Gasteiger partial charge in [-0.2, -0.15) is 5.10 Å². The van der Waals surface area contributed by atoms with E-state index >= 15 is 0 Å². The van der Waals surface area contributed by atoms with E-state index in [0.717, 1.165) is 19.5 Å². The molecule has 3 heteroatoms. The summed E-state index contributed by atoms with van der Waals surface area (Å²) in [7, 11) is 2.03. The minimum atomic E-state index is 0.944. The summed E-state index contributed by atoms with van der Waals surface area (Å²) in [5, 5.41) is 8.00. The fourth-order valence-electron chi connectivity index (χ4n) is 2.51. The van der Waals surface area contributed by atoms with E-state index in [0.29, 0.717) is 0 Å². The summed E-state index contributed by atoms with van der Waals surface area (Å²) in [6.07, 6.45) is 12.1. The predicted octanol–water partition coefficient (Wildman–Crippen LogP) is 4.21. The third-order valence-electron chi connectivity index (χ3n) is 3.90. The highest BCUT2D eigenvalue weighted by atomic mass is 15.3. The first-order chi connectivity index (χ1) is 9.77. The molecule has 0 aliphatic heterocycles. The highest BCUT2D eigenvalue weighted by Crippen LogP contribution is 2.08. The molecule has 1 heterocycles. The minimum Gasteiger partial charge on any atom is -0.311 e. The number of unbranched alkanes of at least 4 members (excludes halogenated alkanes) is 7. The Morgan fingerprint density at radius 2 is 1.65 bits per heavy atom. The monoisotopic (exact) mass is 279 g/mol. The summed E-state index contributed by atoms with van der Waals surface area (Å²) < 4.78 is 2.00. The molecular weight excluding hydrogens is 246 g/mol. The van der Waals surface area contributed by atoms with Crippen molar-refractivity contribution < 1.29 is 0 Å². The van der Waals surface area contributed by atoms with Gasteiger partial charge < -0.3 is 5.32 Å². The molecule has 1 rings (SSSR count). The molecule has 0 aromatic carbocycles. The summed E-state index contributed by atoms with van der Waals surface area (Å²) in [6, 6.07) is 2.21. The molecule has 0 unspecified atom stereocenters. The normalized spacial score (nSPS) is 11.2. The fraction of sp³-hybridized carbons (Fsp3) is 0.824. The second-order valence-corrected chi connectivity index (χ2v) is 5.76. The van der Waals surface area contributed by atoms with Crippen molar-refractivity contribution >= 4 is 0 Å². The number of hydrogen-bond acceptors (Lipinski definition) is 2. The van der Waals surface area contributed by atoms with E-state index in [4.69, 9.17) is 0 Å². The molecule has 1 N–H and O–H groups in total. The Labute approximate surface area is 125 Å². The molecule has 3 nitrogen and oxygen atoms in total. The molecule has 0 aliphatic rings. The maximum Gasteiger partial charge on any atom is 0.0625 e. The molecule has 116 valence electrons. The van der Waals surface area contributed by atoms with Crippen molar-refractivity contribution in [2.45, 2.75) is 78.2 Å². The number of nitrogens with one attached hydrogen (secondary N) is 1. The van der Waals surface area contributed by atoms with Crippen LogP contribution in [0.1, 0.15) is 76.6 Å². The van der Waals surface area contributed by atoms with Crippen LogP contribution in [0.2, 0.25) is 0 Å². The zero-order valence-corrected chi connectivity index (χ0v) is 13.7. The van der Waals surface area contributed by atoms with Gasteiger partial charge in [0.2, 0.25) is 0 Å². The third kappa shape index (κ3) is 7.09. The molecule has 0 fully saturated rings. The van der Waals surface area contributed by atoms with E-state index in [9.17, 15) is 0 Å². The SMILES string of the molecule is CCCCCCCCCCNCc1cc(CC)nn1C. The Kier molecular flexibility index (Phi) is 9.38. The van der Waals surface area contributed by atoms with Crippen molar-refractivity contribution in [1.29, 1.82) is 0 Å². The van der Waals surface area contributed by atoms with Crippen molar-refractivity contribution in [3.63, 3.8) is 0 Å². The smallest absolute Gasteiger partial charge is 0.0625 e. The van der Waals surface area contributed by atoms with Gasteiger partial charge in [-0.1, -0.05) is 58.8 Å². The molecule has 0 atom stereocenters. The molecule has 0 radical (unpaired) electrons. The number of hydrogen-bond donors (Lipinski definition) is 1. The number of aryl methyl sites for hydroxylation is 2. The van der Waals surface area contributed by atoms with E-state index in [-0.39, 0.29) is 0 Å². The van der Waals surface area contributed by atoms with E-state index in [1.54, 1.807) is 0 Å². The molecule has 0 saturated carbocycles. The Morgan fingerprint density at radius 1 is 1.00 bits per heavy atom. The highest BCUT2D eigenvalue weighted by Gasteiger charge is 2.02. The largest absolute Gasteiger partial charge is 0.311 e. The van der Waals surface area contributed by atoms with E-state index < -0.39 is 0 Å². The first-order valence-electron chi connectivity index (χ1n) is 8.50. The van der Waals surface area contributed by atoms with Gasteiger partial charge >= 0.3 is 0 Å². The van der Waals surface area contributed by atoms with Gasteiger partial charge in [-0.25, -0.2) is 0 Å². The Hall–Kier alpha value is -0.830. The number of nitrogens with zero attached hydrogens (tertiary/aromatic N) is 2. The first-order valence-corrected chi connectivity index (χ1v) is 8.50. The second-order valence-electron chi connectivity index (χ2n) is 5.76. The summed E-state index contributed by atoms with van der Waals surface area (Å²) in [6.45, 7) is 6.50. The molecule has 1 aromatic heterocycles. The summed E-state index contributed by atoms with van der Waals surface area (Å²) in [4.78, 5) is 0. The molecular formula is C17H33N3. The topological polar surface area (TPSA) is 29.9 Å². The van der Waals surface area contributed by atoms with E-state index in [1.807, 2.05) is 11.7 Å². The summed E-state index contributed by atoms with van der Waals surface area (Å²) in [5.74, 6) is 0. The van der Waals surface area contributed by atoms with Crippen molar-refractivity contribution in [1.82, 2.24) is 15.1 Å². The van der Waals surface area contributed by atoms with Gasteiger partial charge in [0.15, 0.2) is 0 Å². The number of rotatable bonds is 12. The van der Waals surface area contributed by atoms with Crippen LogP contribution in [0.3, 0.4) is 0 Å². The Morgan fingerprint density at radius 3 is 2.25 bits per heavy atom. The van der Waals surface area contributed by atoms with Gasteiger partial charge in [0.25, 0.3) is 0 Å². The lowest BCUT2D eigenvalue weighted by Crippen LogP contribution is -2.16. The van der Waals surface area contributed by atoms with Crippen molar-refractivity contribution in [3.8, 4) is 0 Å². The molecule has 0 bridgehead atoms. The van der Waals surface area contributed by atoms with Crippen LogP contribution >= 0.6 is 0 Å². The van der Waals surface area contributed by atoms with E-state index in [2.05, 4.69) is 30.3 Å². The molecule has 1 aromatic rings. The zero-order chi connectivity index (χ0) is 14.6. The van der Waals surface area contributed by atoms with Crippen LogP contribution < -0.4 is 5.32 Å². The van der Waals surface area contributed by atoms with Gasteiger partial charge in [-0.3, -0.25) is 4.68 Å². The first kappa shape index (κ1) is 17.2. The minimum absolute atomic E-state index is 0.944. The lowest BCUT2D eigenvalue weighted by Gasteiger charge is -2.05. The lowest BCUT2D eigenvalue weighted by molar-refractivity contribution is 0.547.